The standard InChI is InChI=1S/C21H27Cl2NO4/c1-14(2)7-6-8-15(3)11-18(13-21(26)27-5)24(16(4)25)28-20-10-9-17(22)12-19(20)23/h7,9-10,12-13,15H,6,8,11H2,1-5H3/b18-13-. The Morgan fingerprint density at radius 1 is 1.21 bits per heavy atom. The zero-order chi connectivity index (χ0) is 21.3. The number of carbonyl (C=O) groups excluding carboxylic acids is 2. The number of benzene rings is 1. The first kappa shape index (κ1) is 24.1. The van der Waals surface area contributed by atoms with Gasteiger partial charge in [-0.05, 0) is 57.2 Å². The smallest absolute Gasteiger partial charge is 0.332 e. The van der Waals surface area contributed by atoms with Crippen LogP contribution in [0, 0.1) is 5.92 Å². The Labute approximate surface area is 176 Å². The van der Waals surface area contributed by atoms with Crippen LogP contribution < -0.4 is 4.84 Å². The van der Waals surface area contributed by atoms with Crippen LogP contribution >= 0.6 is 23.2 Å². The van der Waals surface area contributed by atoms with E-state index in [1.165, 1.54) is 31.7 Å². The van der Waals surface area contributed by atoms with Crippen LogP contribution in [0.3, 0.4) is 0 Å². The summed E-state index contributed by atoms with van der Waals surface area (Å²) in [6, 6.07) is 4.68. The summed E-state index contributed by atoms with van der Waals surface area (Å²) in [6.45, 7) is 7.50. The summed E-state index contributed by atoms with van der Waals surface area (Å²) < 4.78 is 4.73. The largest absolute Gasteiger partial charge is 0.466 e. The van der Waals surface area contributed by atoms with E-state index >= 15 is 0 Å². The van der Waals surface area contributed by atoms with E-state index in [1.807, 2.05) is 0 Å². The Morgan fingerprint density at radius 3 is 2.43 bits per heavy atom. The van der Waals surface area contributed by atoms with Crippen molar-refractivity contribution >= 4 is 35.1 Å². The van der Waals surface area contributed by atoms with Crippen LogP contribution in [0.4, 0.5) is 0 Å². The van der Waals surface area contributed by atoms with Crippen molar-refractivity contribution in [1.29, 1.82) is 0 Å². The molecule has 0 radical (unpaired) electrons. The third kappa shape index (κ3) is 8.36. The van der Waals surface area contributed by atoms with Gasteiger partial charge >= 0.3 is 5.97 Å². The molecule has 0 N–H and O–H groups in total. The van der Waals surface area contributed by atoms with Gasteiger partial charge < -0.3 is 9.57 Å². The summed E-state index contributed by atoms with van der Waals surface area (Å²) in [7, 11) is 1.28. The Balaban J connectivity index is 3.09. The van der Waals surface area contributed by atoms with Gasteiger partial charge in [0, 0.05) is 18.0 Å². The monoisotopic (exact) mass is 427 g/mol. The summed E-state index contributed by atoms with van der Waals surface area (Å²) in [5.41, 5.74) is 1.65. The Morgan fingerprint density at radius 2 is 1.89 bits per heavy atom. The molecule has 0 saturated heterocycles. The number of rotatable bonds is 9. The topological polar surface area (TPSA) is 55.8 Å². The highest BCUT2D eigenvalue weighted by molar-refractivity contribution is 6.35. The third-order valence-corrected chi connectivity index (χ3v) is 4.42. The number of hydrogen-bond acceptors (Lipinski definition) is 4. The van der Waals surface area contributed by atoms with Crippen LogP contribution in [0.15, 0.2) is 41.6 Å². The highest BCUT2D eigenvalue weighted by Crippen LogP contribution is 2.30. The molecule has 0 aromatic heterocycles. The van der Waals surface area contributed by atoms with E-state index in [9.17, 15) is 9.59 Å². The van der Waals surface area contributed by atoms with Gasteiger partial charge in [0.05, 0.1) is 17.8 Å². The average molecular weight is 428 g/mol. The summed E-state index contributed by atoms with van der Waals surface area (Å²) >= 11 is 12.1. The number of allylic oxidation sites excluding steroid dienone is 3. The Kier molecular flexibility index (Phi) is 10.1. The summed E-state index contributed by atoms with van der Waals surface area (Å²) in [4.78, 5) is 29.8. The maximum atomic E-state index is 12.3. The molecule has 0 fully saturated rings. The second-order valence-corrected chi connectivity index (χ2v) is 7.65. The number of hydrogen-bond donors (Lipinski definition) is 0. The lowest BCUT2D eigenvalue weighted by Gasteiger charge is -2.26. The lowest BCUT2D eigenvalue weighted by atomic mass is 9.98. The summed E-state index contributed by atoms with van der Waals surface area (Å²) in [5, 5.41) is 1.78. The molecule has 0 spiro atoms. The van der Waals surface area contributed by atoms with Crippen molar-refractivity contribution in [1.82, 2.24) is 5.06 Å². The van der Waals surface area contributed by atoms with E-state index in [-0.39, 0.29) is 16.7 Å². The molecule has 7 heteroatoms. The average Bonchev–Trinajstić information content (AvgIpc) is 2.59. The van der Waals surface area contributed by atoms with Crippen molar-refractivity contribution in [3.8, 4) is 5.75 Å². The zero-order valence-electron chi connectivity index (χ0n) is 16.9. The fraction of sp³-hybridized carbons (Fsp3) is 0.429. The van der Waals surface area contributed by atoms with E-state index < -0.39 is 11.9 Å². The molecule has 1 amide bonds. The number of esters is 1. The fourth-order valence-corrected chi connectivity index (χ4v) is 2.93. The SMILES string of the molecule is COC(=O)/C=C(/CC(C)CCC=C(C)C)N(Oc1ccc(Cl)cc1Cl)C(C)=O. The third-order valence-electron chi connectivity index (χ3n) is 3.89. The van der Waals surface area contributed by atoms with Crippen LogP contribution in [-0.2, 0) is 14.3 Å². The van der Waals surface area contributed by atoms with Gasteiger partial charge in [-0.3, -0.25) is 4.79 Å². The first-order valence-corrected chi connectivity index (χ1v) is 9.75. The van der Waals surface area contributed by atoms with Crippen molar-refractivity contribution in [2.75, 3.05) is 7.11 Å². The van der Waals surface area contributed by atoms with Gasteiger partial charge in [-0.1, -0.05) is 41.8 Å². The molecule has 0 saturated carbocycles. The molecule has 0 heterocycles. The van der Waals surface area contributed by atoms with Gasteiger partial charge in [-0.2, -0.15) is 0 Å². The maximum absolute atomic E-state index is 12.3. The van der Waals surface area contributed by atoms with Gasteiger partial charge in [0.15, 0.2) is 5.75 Å². The minimum Gasteiger partial charge on any atom is -0.466 e. The number of carbonyl (C=O) groups is 2. The molecule has 154 valence electrons. The van der Waals surface area contributed by atoms with Crippen LogP contribution in [0.2, 0.25) is 10.0 Å². The van der Waals surface area contributed by atoms with Gasteiger partial charge in [0.2, 0.25) is 0 Å². The number of halogens is 2. The highest BCUT2D eigenvalue weighted by atomic mass is 35.5. The van der Waals surface area contributed by atoms with E-state index in [1.54, 1.807) is 12.1 Å². The van der Waals surface area contributed by atoms with Crippen molar-refractivity contribution in [3.05, 3.63) is 51.7 Å². The van der Waals surface area contributed by atoms with E-state index in [2.05, 4.69) is 26.8 Å². The van der Waals surface area contributed by atoms with Gasteiger partial charge in [-0.15, -0.1) is 5.06 Å². The van der Waals surface area contributed by atoms with Crippen LogP contribution in [0.1, 0.15) is 47.0 Å². The number of hydroxylamine groups is 2. The van der Waals surface area contributed by atoms with Crippen LogP contribution in [0.5, 0.6) is 5.75 Å². The molecule has 5 nitrogen and oxygen atoms in total. The van der Waals surface area contributed by atoms with Gasteiger partial charge in [0.25, 0.3) is 5.91 Å². The molecular weight excluding hydrogens is 401 g/mol. The van der Waals surface area contributed by atoms with Crippen LogP contribution in [0.25, 0.3) is 0 Å². The lowest BCUT2D eigenvalue weighted by molar-refractivity contribution is -0.149. The molecule has 28 heavy (non-hydrogen) atoms. The molecule has 1 rings (SSSR count). The van der Waals surface area contributed by atoms with E-state index in [0.29, 0.717) is 17.1 Å². The molecule has 0 bridgehead atoms. The van der Waals surface area contributed by atoms with Crippen LogP contribution in [-0.4, -0.2) is 24.0 Å². The molecular formula is C21H27Cl2NO4. The molecule has 1 aromatic carbocycles. The maximum Gasteiger partial charge on any atom is 0.332 e. The molecule has 1 aromatic rings. The van der Waals surface area contributed by atoms with Gasteiger partial charge in [-0.25, -0.2) is 4.79 Å². The van der Waals surface area contributed by atoms with Crippen molar-refractivity contribution in [2.45, 2.75) is 47.0 Å². The minimum atomic E-state index is -0.566. The lowest BCUT2D eigenvalue weighted by Crippen LogP contribution is -2.33. The first-order chi connectivity index (χ1) is 13.1. The second kappa shape index (κ2) is 11.8. The number of amides is 1. The molecule has 0 aliphatic rings. The second-order valence-electron chi connectivity index (χ2n) is 6.81. The van der Waals surface area contributed by atoms with E-state index in [4.69, 9.17) is 32.8 Å². The molecule has 0 aliphatic heterocycles. The molecule has 0 aliphatic carbocycles. The number of methoxy groups -OCH3 is 1. The van der Waals surface area contributed by atoms with Crippen molar-refractivity contribution < 1.29 is 19.2 Å². The van der Waals surface area contributed by atoms with Crippen molar-refractivity contribution in [3.63, 3.8) is 0 Å². The predicted octanol–water partition coefficient (Wildman–Crippen LogP) is 5.97. The highest BCUT2D eigenvalue weighted by Gasteiger charge is 2.22. The molecule has 1 unspecified atom stereocenters. The normalized spacial score (nSPS) is 12.2. The Bertz CT molecular complexity index is 755. The van der Waals surface area contributed by atoms with Crippen molar-refractivity contribution in [2.24, 2.45) is 5.92 Å². The minimum absolute atomic E-state index is 0.206. The molecule has 1 atom stereocenters. The quantitative estimate of drug-likeness (QED) is 0.211. The Hall–Kier alpha value is -1.98. The first-order valence-electron chi connectivity index (χ1n) is 8.99. The zero-order valence-corrected chi connectivity index (χ0v) is 18.4. The summed E-state index contributed by atoms with van der Waals surface area (Å²) in [5.74, 6) is -0.493. The number of nitrogens with zero attached hydrogens (tertiary/aromatic N) is 1. The fourth-order valence-electron chi connectivity index (χ4n) is 2.48. The van der Waals surface area contributed by atoms with E-state index in [0.717, 1.165) is 17.9 Å². The number of ether oxygens (including phenoxy) is 1. The predicted molar refractivity (Wildman–Crippen MR) is 112 cm³/mol. The van der Waals surface area contributed by atoms with Gasteiger partial charge in [0.1, 0.15) is 0 Å². The summed E-state index contributed by atoms with van der Waals surface area (Å²) in [6.07, 6.45) is 5.70.